The Morgan fingerprint density at radius 2 is 2.00 bits per heavy atom. The lowest BCUT2D eigenvalue weighted by Gasteiger charge is -2.05. The van der Waals surface area contributed by atoms with Crippen LogP contribution in [0.2, 0.25) is 0 Å². The molecule has 0 aliphatic rings. The summed E-state index contributed by atoms with van der Waals surface area (Å²) in [6.45, 7) is 0.561. The minimum atomic E-state index is 0.561. The molecule has 4 nitrogen and oxygen atoms in total. The van der Waals surface area contributed by atoms with E-state index in [1.807, 2.05) is 53.1 Å². The molecule has 0 unspecified atom stereocenters. The maximum atomic E-state index is 5.69. The van der Waals surface area contributed by atoms with Gasteiger partial charge in [0, 0.05) is 12.3 Å². The standard InChI is InChI=1S/C13H11N3O/c1-2-4-11(5-3-1)9-17-12-6-7-16-10-14-15-13(16)8-12/h1-8,10H,9H2. The highest BCUT2D eigenvalue weighted by Crippen LogP contribution is 2.14. The zero-order valence-corrected chi connectivity index (χ0v) is 9.15. The largest absolute Gasteiger partial charge is 0.489 e. The molecule has 0 N–H and O–H groups in total. The second-order valence-corrected chi connectivity index (χ2v) is 3.73. The van der Waals surface area contributed by atoms with Gasteiger partial charge in [0.05, 0.1) is 0 Å². The Kier molecular flexibility index (Phi) is 2.46. The quantitative estimate of drug-likeness (QED) is 0.686. The molecule has 3 rings (SSSR count). The van der Waals surface area contributed by atoms with Gasteiger partial charge < -0.3 is 4.74 Å². The summed E-state index contributed by atoms with van der Waals surface area (Å²) in [5, 5.41) is 7.79. The normalized spacial score (nSPS) is 10.6. The molecule has 0 aliphatic carbocycles. The van der Waals surface area contributed by atoms with Crippen LogP contribution >= 0.6 is 0 Å². The summed E-state index contributed by atoms with van der Waals surface area (Å²) in [6.07, 6.45) is 3.55. The molecule has 0 saturated heterocycles. The van der Waals surface area contributed by atoms with E-state index in [1.54, 1.807) is 6.33 Å². The first-order chi connectivity index (χ1) is 8.42. The van der Waals surface area contributed by atoms with Crippen LogP contribution in [0.25, 0.3) is 5.65 Å². The third-order valence-corrected chi connectivity index (χ3v) is 2.52. The van der Waals surface area contributed by atoms with Crippen LogP contribution in [0, 0.1) is 0 Å². The molecule has 0 amide bonds. The summed E-state index contributed by atoms with van der Waals surface area (Å²) in [6, 6.07) is 13.8. The predicted octanol–water partition coefficient (Wildman–Crippen LogP) is 2.31. The molecule has 3 aromatic rings. The van der Waals surface area contributed by atoms with Gasteiger partial charge in [0.1, 0.15) is 18.7 Å². The average Bonchev–Trinajstić information content (AvgIpc) is 2.85. The summed E-state index contributed by atoms with van der Waals surface area (Å²) in [5.74, 6) is 0.800. The molecule has 0 aliphatic heterocycles. The fourth-order valence-corrected chi connectivity index (χ4v) is 1.63. The molecule has 84 valence electrons. The van der Waals surface area contributed by atoms with Crippen molar-refractivity contribution in [2.45, 2.75) is 6.61 Å². The molecule has 1 aromatic carbocycles. The van der Waals surface area contributed by atoms with Crippen molar-refractivity contribution in [1.82, 2.24) is 14.6 Å². The van der Waals surface area contributed by atoms with Crippen LogP contribution in [0.15, 0.2) is 55.0 Å². The van der Waals surface area contributed by atoms with Crippen molar-refractivity contribution in [3.05, 3.63) is 60.6 Å². The van der Waals surface area contributed by atoms with E-state index in [2.05, 4.69) is 10.2 Å². The highest BCUT2D eigenvalue weighted by molar-refractivity contribution is 5.42. The number of pyridine rings is 1. The molecule has 0 radical (unpaired) electrons. The van der Waals surface area contributed by atoms with Gasteiger partial charge in [-0.15, -0.1) is 10.2 Å². The molecule has 0 bridgehead atoms. The van der Waals surface area contributed by atoms with Crippen molar-refractivity contribution in [3.63, 3.8) is 0 Å². The van der Waals surface area contributed by atoms with Crippen LogP contribution < -0.4 is 4.74 Å². The van der Waals surface area contributed by atoms with Gasteiger partial charge in [-0.1, -0.05) is 30.3 Å². The minimum absolute atomic E-state index is 0.561. The smallest absolute Gasteiger partial charge is 0.164 e. The second kappa shape index (κ2) is 4.25. The number of hydrogen-bond acceptors (Lipinski definition) is 3. The maximum absolute atomic E-state index is 5.69. The first-order valence-corrected chi connectivity index (χ1v) is 5.38. The summed E-state index contributed by atoms with van der Waals surface area (Å²) in [4.78, 5) is 0. The van der Waals surface area contributed by atoms with Crippen LogP contribution in [0.1, 0.15) is 5.56 Å². The van der Waals surface area contributed by atoms with E-state index < -0.39 is 0 Å². The molecule has 0 fully saturated rings. The third kappa shape index (κ3) is 2.10. The fourth-order valence-electron chi connectivity index (χ4n) is 1.63. The van der Waals surface area contributed by atoms with Crippen molar-refractivity contribution >= 4 is 5.65 Å². The van der Waals surface area contributed by atoms with Crippen molar-refractivity contribution < 1.29 is 4.74 Å². The van der Waals surface area contributed by atoms with Gasteiger partial charge in [-0.25, -0.2) is 0 Å². The molecule has 4 heteroatoms. The molecule has 0 spiro atoms. The van der Waals surface area contributed by atoms with Crippen molar-refractivity contribution in [2.24, 2.45) is 0 Å². The van der Waals surface area contributed by atoms with E-state index in [4.69, 9.17) is 4.74 Å². The van der Waals surface area contributed by atoms with Crippen molar-refractivity contribution in [2.75, 3.05) is 0 Å². The molecule has 17 heavy (non-hydrogen) atoms. The number of ether oxygens (including phenoxy) is 1. The lowest BCUT2D eigenvalue weighted by Crippen LogP contribution is -1.95. The number of rotatable bonds is 3. The SMILES string of the molecule is c1ccc(COc2ccn3cnnc3c2)cc1. The average molecular weight is 225 g/mol. The predicted molar refractivity (Wildman–Crippen MR) is 63.8 cm³/mol. The Labute approximate surface area is 98.5 Å². The highest BCUT2D eigenvalue weighted by atomic mass is 16.5. The van der Waals surface area contributed by atoms with Crippen LogP contribution in [-0.4, -0.2) is 14.6 Å². The van der Waals surface area contributed by atoms with Crippen molar-refractivity contribution in [3.8, 4) is 5.75 Å². The van der Waals surface area contributed by atoms with E-state index in [-0.39, 0.29) is 0 Å². The number of fused-ring (bicyclic) bond motifs is 1. The molecule has 2 aromatic heterocycles. The first kappa shape index (κ1) is 9.84. The Morgan fingerprint density at radius 3 is 2.88 bits per heavy atom. The molecular formula is C13H11N3O. The van der Waals surface area contributed by atoms with E-state index >= 15 is 0 Å². The fraction of sp³-hybridized carbons (Fsp3) is 0.0769. The minimum Gasteiger partial charge on any atom is -0.489 e. The zero-order valence-electron chi connectivity index (χ0n) is 9.15. The highest BCUT2D eigenvalue weighted by Gasteiger charge is 1.99. The van der Waals surface area contributed by atoms with Gasteiger partial charge >= 0.3 is 0 Å². The van der Waals surface area contributed by atoms with Gasteiger partial charge in [-0.05, 0) is 11.6 Å². The first-order valence-electron chi connectivity index (χ1n) is 5.38. The van der Waals surface area contributed by atoms with Gasteiger partial charge in [-0.3, -0.25) is 4.40 Å². The number of hydrogen-bond donors (Lipinski definition) is 0. The van der Waals surface area contributed by atoms with Gasteiger partial charge in [-0.2, -0.15) is 0 Å². The van der Waals surface area contributed by atoms with Gasteiger partial charge in [0.15, 0.2) is 5.65 Å². The number of nitrogens with zero attached hydrogens (tertiary/aromatic N) is 3. The third-order valence-electron chi connectivity index (χ3n) is 2.52. The topological polar surface area (TPSA) is 39.4 Å². The summed E-state index contributed by atoms with van der Waals surface area (Å²) >= 11 is 0. The monoisotopic (exact) mass is 225 g/mol. The zero-order chi connectivity index (χ0) is 11.5. The van der Waals surface area contributed by atoms with Gasteiger partial charge in [0.2, 0.25) is 0 Å². The summed E-state index contributed by atoms with van der Waals surface area (Å²) in [7, 11) is 0. The van der Waals surface area contributed by atoms with Crippen molar-refractivity contribution in [1.29, 1.82) is 0 Å². The Bertz CT molecular complexity index is 619. The second-order valence-electron chi connectivity index (χ2n) is 3.73. The Hall–Kier alpha value is -2.36. The van der Waals surface area contributed by atoms with E-state index in [1.165, 1.54) is 0 Å². The van der Waals surface area contributed by atoms with E-state index in [0.29, 0.717) is 6.61 Å². The molecular weight excluding hydrogens is 214 g/mol. The lowest BCUT2D eigenvalue weighted by atomic mass is 10.2. The Morgan fingerprint density at radius 1 is 1.12 bits per heavy atom. The van der Waals surface area contributed by atoms with Gasteiger partial charge in [0.25, 0.3) is 0 Å². The summed E-state index contributed by atoms with van der Waals surface area (Å²) in [5.41, 5.74) is 1.93. The Balaban J connectivity index is 1.76. The van der Waals surface area contributed by atoms with Crippen LogP contribution in [0.5, 0.6) is 5.75 Å². The van der Waals surface area contributed by atoms with E-state index in [0.717, 1.165) is 17.0 Å². The van der Waals surface area contributed by atoms with Crippen LogP contribution in [0.4, 0.5) is 0 Å². The summed E-state index contributed by atoms with van der Waals surface area (Å²) < 4.78 is 7.53. The van der Waals surface area contributed by atoms with Crippen LogP contribution in [0.3, 0.4) is 0 Å². The maximum Gasteiger partial charge on any atom is 0.164 e. The number of aromatic nitrogens is 3. The molecule has 0 saturated carbocycles. The van der Waals surface area contributed by atoms with E-state index in [9.17, 15) is 0 Å². The van der Waals surface area contributed by atoms with Crippen LogP contribution in [-0.2, 0) is 6.61 Å². The molecule has 2 heterocycles. The molecule has 0 atom stereocenters. The lowest BCUT2D eigenvalue weighted by molar-refractivity contribution is 0.306. The number of benzene rings is 1.